The summed E-state index contributed by atoms with van der Waals surface area (Å²) in [6.45, 7) is 2.22. The molecule has 26 heavy (non-hydrogen) atoms. The number of hydrogen-bond donors (Lipinski definition) is 1. The van der Waals surface area contributed by atoms with E-state index in [1.165, 1.54) is 44.6 Å². The van der Waals surface area contributed by atoms with Crippen molar-refractivity contribution in [3.8, 4) is 0 Å². The summed E-state index contributed by atoms with van der Waals surface area (Å²) in [5, 5.41) is 21.4. The van der Waals surface area contributed by atoms with E-state index in [-0.39, 0.29) is 11.0 Å². The highest BCUT2D eigenvalue weighted by Crippen LogP contribution is 2.16. The fourth-order valence-electron chi connectivity index (χ4n) is 2.94. The highest BCUT2D eigenvalue weighted by Gasteiger charge is 2.39. The number of ketones is 1. The predicted molar refractivity (Wildman–Crippen MR) is 103 cm³/mol. The van der Waals surface area contributed by atoms with Gasteiger partial charge in [-0.25, -0.2) is 0 Å². The van der Waals surface area contributed by atoms with Crippen LogP contribution in [0.2, 0.25) is 0 Å². The zero-order valence-electron chi connectivity index (χ0n) is 17.0. The summed E-state index contributed by atoms with van der Waals surface area (Å²) in [4.78, 5) is 23.2. The fraction of sp³-hybridized carbons (Fsp3) is 0.714. The van der Waals surface area contributed by atoms with Gasteiger partial charge in [-0.15, -0.1) is 0 Å². The van der Waals surface area contributed by atoms with Crippen molar-refractivity contribution in [3.63, 3.8) is 0 Å². The maximum absolute atomic E-state index is 12.3. The van der Waals surface area contributed by atoms with Crippen LogP contribution in [0, 0.1) is 0 Å². The molecule has 0 aliphatic heterocycles. The van der Waals surface area contributed by atoms with E-state index in [2.05, 4.69) is 6.92 Å². The molecule has 0 amide bonds. The Kier molecular flexibility index (Phi) is 12.1. The van der Waals surface area contributed by atoms with Crippen molar-refractivity contribution < 1.29 is 24.3 Å². The standard InChI is InChI=1S/C21H37NO4/c1-5-6-7-8-9-10-11-12-13-14-15-16-19(23)21(26,17-20(24)25)18-22(2,3)4/h13-16,26H,5-12,17-18H2,1-4H3/t21-/m1/s1. The third kappa shape index (κ3) is 12.8. The summed E-state index contributed by atoms with van der Waals surface area (Å²) in [5.41, 5.74) is -1.94. The summed E-state index contributed by atoms with van der Waals surface area (Å²) < 4.78 is 0.275. The van der Waals surface area contributed by atoms with Gasteiger partial charge in [0.2, 0.25) is 0 Å². The van der Waals surface area contributed by atoms with E-state index in [0.29, 0.717) is 0 Å². The summed E-state index contributed by atoms with van der Waals surface area (Å²) in [7, 11) is 5.37. The van der Waals surface area contributed by atoms with E-state index in [4.69, 9.17) is 0 Å². The molecular formula is C21H37NO4. The van der Waals surface area contributed by atoms with Gasteiger partial charge in [-0.3, -0.25) is 4.79 Å². The summed E-state index contributed by atoms with van der Waals surface area (Å²) in [6, 6.07) is 0. The van der Waals surface area contributed by atoms with Gasteiger partial charge in [0.25, 0.3) is 0 Å². The van der Waals surface area contributed by atoms with Gasteiger partial charge in [-0.2, -0.15) is 0 Å². The minimum absolute atomic E-state index is 0.00585. The van der Waals surface area contributed by atoms with Gasteiger partial charge < -0.3 is 19.5 Å². The molecule has 0 heterocycles. The first-order chi connectivity index (χ1) is 12.1. The van der Waals surface area contributed by atoms with E-state index in [9.17, 15) is 19.8 Å². The second-order valence-corrected chi connectivity index (χ2v) is 8.09. The van der Waals surface area contributed by atoms with Gasteiger partial charge in [-0.05, 0) is 18.9 Å². The molecule has 0 spiro atoms. The number of aliphatic hydroxyl groups is 1. The highest BCUT2D eigenvalue weighted by molar-refractivity contribution is 5.99. The number of quaternary nitrogens is 1. The lowest BCUT2D eigenvalue weighted by molar-refractivity contribution is -0.875. The Hall–Kier alpha value is -1.46. The molecule has 5 heteroatoms. The molecule has 0 aromatic carbocycles. The van der Waals surface area contributed by atoms with Crippen molar-refractivity contribution in [1.29, 1.82) is 0 Å². The molecular weight excluding hydrogens is 330 g/mol. The van der Waals surface area contributed by atoms with E-state index < -0.39 is 23.8 Å². The number of carbonyl (C=O) groups excluding carboxylic acids is 2. The second-order valence-electron chi connectivity index (χ2n) is 8.09. The van der Waals surface area contributed by atoms with E-state index in [0.717, 1.165) is 12.8 Å². The first-order valence-corrected chi connectivity index (χ1v) is 9.71. The van der Waals surface area contributed by atoms with Crippen LogP contribution in [-0.2, 0) is 9.59 Å². The molecule has 0 fully saturated rings. The van der Waals surface area contributed by atoms with Gasteiger partial charge in [0.1, 0.15) is 6.54 Å². The normalized spacial score (nSPS) is 14.8. The number of hydrogen-bond acceptors (Lipinski definition) is 4. The van der Waals surface area contributed by atoms with Crippen LogP contribution in [0.3, 0.4) is 0 Å². The van der Waals surface area contributed by atoms with Crippen molar-refractivity contribution in [2.24, 2.45) is 0 Å². The molecule has 5 nitrogen and oxygen atoms in total. The lowest BCUT2D eigenvalue weighted by atomic mass is 9.92. The van der Waals surface area contributed by atoms with Crippen molar-refractivity contribution in [1.82, 2.24) is 0 Å². The molecule has 1 atom stereocenters. The van der Waals surface area contributed by atoms with Crippen molar-refractivity contribution in [2.75, 3.05) is 27.7 Å². The molecule has 1 N–H and O–H groups in total. The maximum atomic E-state index is 12.3. The minimum atomic E-state index is -1.94. The molecule has 0 aliphatic carbocycles. The number of carboxylic acids is 1. The van der Waals surface area contributed by atoms with Gasteiger partial charge in [0.05, 0.1) is 21.1 Å². The monoisotopic (exact) mass is 367 g/mol. The van der Waals surface area contributed by atoms with Crippen LogP contribution in [0.4, 0.5) is 0 Å². The van der Waals surface area contributed by atoms with Crippen LogP contribution < -0.4 is 5.11 Å². The SMILES string of the molecule is CCCCCCCCCC=CC=CC(=O)[C@@](O)(CC(=O)[O-])C[N+](C)(C)C. The molecule has 0 unspecified atom stereocenters. The Bertz CT molecular complexity index is 477. The van der Waals surface area contributed by atoms with Gasteiger partial charge in [-0.1, -0.05) is 63.7 Å². The summed E-state index contributed by atoms with van der Waals surface area (Å²) in [5.74, 6) is -2.03. The predicted octanol–water partition coefficient (Wildman–Crippen LogP) is 2.39. The largest absolute Gasteiger partial charge is 0.550 e. The van der Waals surface area contributed by atoms with Gasteiger partial charge in [0, 0.05) is 12.4 Å². The number of nitrogens with zero attached hydrogens (tertiary/aromatic N) is 1. The van der Waals surface area contributed by atoms with E-state index in [1.807, 2.05) is 6.08 Å². The van der Waals surface area contributed by atoms with Crippen LogP contribution >= 0.6 is 0 Å². The average molecular weight is 368 g/mol. The zero-order valence-corrected chi connectivity index (χ0v) is 17.0. The number of unbranched alkanes of at least 4 members (excludes halogenated alkanes) is 7. The van der Waals surface area contributed by atoms with Crippen molar-refractivity contribution in [3.05, 3.63) is 24.3 Å². The second kappa shape index (κ2) is 12.8. The molecule has 0 rings (SSSR count). The number of carbonyl (C=O) groups is 2. The first kappa shape index (κ1) is 24.5. The number of carboxylic acid groups (broad SMARTS) is 1. The minimum Gasteiger partial charge on any atom is -0.550 e. The van der Waals surface area contributed by atoms with Crippen molar-refractivity contribution in [2.45, 2.75) is 70.3 Å². The van der Waals surface area contributed by atoms with Crippen LogP contribution in [-0.4, -0.2) is 54.6 Å². The number of allylic oxidation sites excluding steroid dienone is 3. The number of rotatable bonds is 15. The lowest BCUT2D eigenvalue weighted by Crippen LogP contribution is -2.55. The first-order valence-electron chi connectivity index (χ1n) is 9.71. The number of likely N-dealkylation sites (N-methyl/N-ethyl adjacent to an activating group) is 1. The van der Waals surface area contributed by atoms with Gasteiger partial charge in [0.15, 0.2) is 11.4 Å². The van der Waals surface area contributed by atoms with Crippen LogP contribution in [0.25, 0.3) is 0 Å². The summed E-state index contributed by atoms with van der Waals surface area (Å²) >= 11 is 0. The smallest absolute Gasteiger partial charge is 0.193 e. The highest BCUT2D eigenvalue weighted by atomic mass is 16.4. The maximum Gasteiger partial charge on any atom is 0.193 e. The Morgan fingerprint density at radius 1 is 1.00 bits per heavy atom. The fourth-order valence-corrected chi connectivity index (χ4v) is 2.94. The third-order valence-corrected chi connectivity index (χ3v) is 4.10. The molecule has 0 saturated carbocycles. The molecule has 0 aromatic rings. The Balaban J connectivity index is 4.33. The third-order valence-electron chi connectivity index (χ3n) is 4.10. The Morgan fingerprint density at radius 2 is 1.58 bits per heavy atom. The average Bonchev–Trinajstić information content (AvgIpc) is 2.49. The van der Waals surface area contributed by atoms with Crippen molar-refractivity contribution >= 4 is 11.8 Å². The molecule has 0 bridgehead atoms. The van der Waals surface area contributed by atoms with E-state index >= 15 is 0 Å². The molecule has 0 saturated heterocycles. The van der Waals surface area contributed by atoms with Crippen LogP contribution in [0.5, 0.6) is 0 Å². The van der Waals surface area contributed by atoms with Gasteiger partial charge >= 0.3 is 0 Å². The Morgan fingerprint density at radius 3 is 2.12 bits per heavy atom. The quantitative estimate of drug-likeness (QED) is 0.209. The molecule has 150 valence electrons. The lowest BCUT2D eigenvalue weighted by Gasteiger charge is -2.34. The topological polar surface area (TPSA) is 77.4 Å². The molecule has 0 radical (unpaired) electrons. The summed E-state index contributed by atoms with van der Waals surface area (Å²) in [6.07, 6.45) is 15.6. The zero-order chi connectivity index (χ0) is 20.1. The van der Waals surface area contributed by atoms with E-state index in [1.54, 1.807) is 33.3 Å². The molecule has 0 aliphatic rings. The van der Waals surface area contributed by atoms with Crippen LogP contribution in [0.1, 0.15) is 64.7 Å². The number of aliphatic carboxylic acids is 1. The Labute approximate surface area is 159 Å². The van der Waals surface area contributed by atoms with Crippen LogP contribution in [0.15, 0.2) is 24.3 Å². The molecule has 0 aromatic heterocycles.